The summed E-state index contributed by atoms with van der Waals surface area (Å²) in [5.74, 6) is 0.711. The molecule has 1 aliphatic rings. The third kappa shape index (κ3) is 5.95. The average molecular weight is 801 g/mol. The average Bonchev–Trinajstić information content (AvgIpc) is 3.67. The minimum atomic E-state index is -0.426. The predicted molar refractivity (Wildman–Crippen MR) is 262 cm³/mol. The number of aromatic nitrogens is 2. The van der Waals surface area contributed by atoms with Crippen LogP contribution in [-0.2, 0) is 5.41 Å². The van der Waals surface area contributed by atoms with E-state index in [9.17, 15) is 0 Å². The van der Waals surface area contributed by atoms with Crippen molar-refractivity contribution < 1.29 is 0 Å². The fourth-order valence-corrected chi connectivity index (χ4v) is 10.2. The SMILES string of the molecule is c1ccc(-c2cc(-c3ccc(-c4ccc(-c5ccc6c(c5)-c5ccccc5C6(c5ccccc5)c5ccccc5)c5ccccc45)c4ccccc34)nc(-c3ccccc3)n2)cc1. The predicted octanol–water partition coefficient (Wildman–Crippen LogP) is 15.5. The molecule has 294 valence electrons. The van der Waals surface area contributed by atoms with Gasteiger partial charge in [0.25, 0.3) is 0 Å². The molecule has 0 atom stereocenters. The van der Waals surface area contributed by atoms with Gasteiger partial charge in [0.2, 0.25) is 0 Å². The quantitative estimate of drug-likeness (QED) is 0.160. The van der Waals surface area contributed by atoms with Crippen LogP contribution in [0.1, 0.15) is 22.3 Å². The van der Waals surface area contributed by atoms with Crippen LogP contribution in [0.3, 0.4) is 0 Å². The lowest BCUT2D eigenvalue weighted by atomic mass is 9.67. The summed E-state index contributed by atoms with van der Waals surface area (Å²) in [6.07, 6.45) is 0. The maximum atomic E-state index is 5.22. The topological polar surface area (TPSA) is 25.8 Å². The van der Waals surface area contributed by atoms with Crippen molar-refractivity contribution in [3.8, 4) is 67.3 Å². The highest BCUT2D eigenvalue weighted by atomic mass is 14.9. The van der Waals surface area contributed by atoms with E-state index >= 15 is 0 Å². The van der Waals surface area contributed by atoms with Crippen molar-refractivity contribution in [3.63, 3.8) is 0 Å². The summed E-state index contributed by atoms with van der Waals surface area (Å²) in [5.41, 5.74) is 17.1. The highest BCUT2D eigenvalue weighted by Gasteiger charge is 2.46. The molecule has 0 radical (unpaired) electrons. The van der Waals surface area contributed by atoms with Crippen LogP contribution < -0.4 is 0 Å². The van der Waals surface area contributed by atoms with Gasteiger partial charge in [-0.15, -0.1) is 0 Å². The third-order valence-electron chi connectivity index (χ3n) is 13.0. The van der Waals surface area contributed by atoms with Crippen LogP contribution in [0.15, 0.2) is 243 Å². The number of rotatable bonds is 7. The summed E-state index contributed by atoms with van der Waals surface area (Å²) >= 11 is 0. The van der Waals surface area contributed by atoms with Crippen molar-refractivity contribution in [1.82, 2.24) is 9.97 Å². The highest BCUT2D eigenvalue weighted by molar-refractivity contribution is 6.12. The van der Waals surface area contributed by atoms with Gasteiger partial charge in [0.1, 0.15) is 0 Å². The van der Waals surface area contributed by atoms with Crippen LogP contribution in [0, 0.1) is 0 Å². The summed E-state index contributed by atoms with van der Waals surface area (Å²) in [6.45, 7) is 0. The van der Waals surface area contributed by atoms with Gasteiger partial charge >= 0.3 is 0 Å². The molecule has 0 aliphatic heterocycles. The van der Waals surface area contributed by atoms with Gasteiger partial charge < -0.3 is 0 Å². The second-order valence-corrected chi connectivity index (χ2v) is 16.4. The van der Waals surface area contributed by atoms with Crippen LogP contribution in [0.25, 0.3) is 88.8 Å². The largest absolute Gasteiger partial charge is 0.228 e. The molecule has 1 aliphatic carbocycles. The highest BCUT2D eigenvalue weighted by Crippen LogP contribution is 2.57. The zero-order valence-electron chi connectivity index (χ0n) is 34.5. The minimum Gasteiger partial charge on any atom is -0.228 e. The molecular weight excluding hydrogens is 761 g/mol. The van der Waals surface area contributed by atoms with Gasteiger partial charge in [0, 0.05) is 16.7 Å². The molecule has 12 rings (SSSR count). The van der Waals surface area contributed by atoms with E-state index in [1.54, 1.807) is 0 Å². The summed E-state index contributed by atoms with van der Waals surface area (Å²) < 4.78 is 0. The molecular formula is C61H40N2. The molecule has 1 aromatic heterocycles. The van der Waals surface area contributed by atoms with Gasteiger partial charge in [-0.1, -0.05) is 231 Å². The molecule has 0 unspecified atom stereocenters. The lowest BCUT2D eigenvalue weighted by molar-refractivity contribution is 0.768. The Morgan fingerprint density at radius 1 is 0.254 bits per heavy atom. The lowest BCUT2D eigenvalue weighted by Crippen LogP contribution is -2.28. The first-order valence-electron chi connectivity index (χ1n) is 21.7. The van der Waals surface area contributed by atoms with Crippen molar-refractivity contribution in [3.05, 3.63) is 265 Å². The van der Waals surface area contributed by atoms with Crippen molar-refractivity contribution >= 4 is 21.5 Å². The Hall–Kier alpha value is -8.20. The van der Waals surface area contributed by atoms with E-state index in [1.165, 1.54) is 71.8 Å². The van der Waals surface area contributed by atoms with E-state index in [2.05, 4.69) is 218 Å². The first kappa shape index (κ1) is 36.6. The molecule has 0 amide bonds. The Morgan fingerprint density at radius 3 is 1.32 bits per heavy atom. The molecule has 0 N–H and O–H groups in total. The second kappa shape index (κ2) is 15.1. The maximum Gasteiger partial charge on any atom is 0.160 e. The summed E-state index contributed by atoms with van der Waals surface area (Å²) in [7, 11) is 0. The van der Waals surface area contributed by atoms with Crippen LogP contribution in [0.5, 0.6) is 0 Å². The number of hydrogen-bond donors (Lipinski definition) is 0. The molecule has 0 saturated heterocycles. The van der Waals surface area contributed by atoms with Crippen LogP contribution >= 0.6 is 0 Å². The van der Waals surface area contributed by atoms with Gasteiger partial charge in [-0.3, -0.25) is 0 Å². The number of fused-ring (bicyclic) bond motifs is 5. The number of benzene rings is 10. The monoisotopic (exact) mass is 800 g/mol. The molecule has 0 saturated carbocycles. The van der Waals surface area contributed by atoms with Gasteiger partial charge in [-0.25, -0.2) is 9.97 Å². The molecule has 11 aromatic rings. The van der Waals surface area contributed by atoms with E-state index in [0.717, 1.165) is 33.5 Å². The molecule has 10 aromatic carbocycles. The van der Waals surface area contributed by atoms with Crippen LogP contribution in [-0.4, -0.2) is 9.97 Å². The van der Waals surface area contributed by atoms with Crippen LogP contribution in [0.2, 0.25) is 0 Å². The van der Waals surface area contributed by atoms with Gasteiger partial charge in [0.15, 0.2) is 5.82 Å². The number of hydrogen-bond acceptors (Lipinski definition) is 2. The second-order valence-electron chi connectivity index (χ2n) is 16.4. The summed E-state index contributed by atoms with van der Waals surface area (Å²) in [4.78, 5) is 10.3. The third-order valence-corrected chi connectivity index (χ3v) is 13.0. The fraction of sp³-hybridized carbons (Fsp3) is 0.0164. The molecule has 2 nitrogen and oxygen atoms in total. The smallest absolute Gasteiger partial charge is 0.160 e. The summed E-state index contributed by atoms with van der Waals surface area (Å²) in [6, 6.07) is 87.8. The molecule has 63 heavy (non-hydrogen) atoms. The normalized spacial score (nSPS) is 12.6. The molecule has 0 spiro atoms. The van der Waals surface area contributed by atoms with Crippen LogP contribution in [0.4, 0.5) is 0 Å². The molecule has 2 heteroatoms. The van der Waals surface area contributed by atoms with E-state index in [4.69, 9.17) is 9.97 Å². The molecule has 0 fully saturated rings. The zero-order chi connectivity index (χ0) is 41.7. The van der Waals surface area contributed by atoms with Crippen molar-refractivity contribution in [2.24, 2.45) is 0 Å². The Labute approximate surface area is 367 Å². The Bertz CT molecular complexity index is 3390. The minimum absolute atomic E-state index is 0.426. The fourth-order valence-electron chi connectivity index (χ4n) is 10.2. The zero-order valence-corrected chi connectivity index (χ0v) is 34.5. The summed E-state index contributed by atoms with van der Waals surface area (Å²) in [5, 5.41) is 4.78. The van der Waals surface area contributed by atoms with Crippen molar-refractivity contribution in [2.75, 3.05) is 0 Å². The van der Waals surface area contributed by atoms with Crippen molar-refractivity contribution in [1.29, 1.82) is 0 Å². The van der Waals surface area contributed by atoms with E-state index < -0.39 is 5.41 Å². The molecule has 1 heterocycles. The Kier molecular flexibility index (Phi) is 8.76. The maximum absolute atomic E-state index is 5.22. The first-order chi connectivity index (χ1) is 31.3. The van der Waals surface area contributed by atoms with Gasteiger partial charge in [-0.2, -0.15) is 0 Å². The van der Waals surface area contributed by atoms with E-state index in [-0.39, 0.29) is 0 Å². The Balaban J connectivity index is 1.01. The van der Waals surface area contributed by atoms with E-state index in [0.29, 0.717) is 5.82 Å². The lowest BCUT2D eigenvalue weighted by Gasteiger charge is -2.33. The van der Waals surface area contributed by atoms with Gasteiger partial charge in [-0.05, 0) is 89.3 Å². The van der Waals surface area contributed by atoms with E-state index in [1.807, 2.05) is 24.3 Å². The molecule has 0 bridgehead atoms. The van der Waals surface area contributed by atoms with Gasteiger partial charge in [0.05, 0.1) is 16.8 Å². The Morgan fingerprint density at radius 2 is 0.698 bits per heavy atom. The standard InChI is InChI=1S/C61H40N2/c1-5-19-41(20-6-1)58-40-59(63-60(62-58)42-21-7-2-8-22-42)54-37-36-52(49-29-15-16-30-50(49)54)51-35-34-46(47-27-13-14-28-48(47)51)43-33-38-57-55(39-43)53-31-17-18-32-56(53)61(57,44-23-9-3-10-24-44)45-25-11-4-12-26-45/h1-40H. The number of nitrogens with zero attached hydrogens (tertiary/aromatic N) is 2. The first-order valence-corrected chi connectivity index (χ1v) is 21.7. The van der Waals surface area contributed by atoms with Crippen molar-refractivity contribution in [2.45, 2.75) is 5.41 Å².